The SMILES string of the molecule is COC(=O)c1cc(NC(=O)c2cccs2)ccc1F. The molecule has 0 saturated carbocycles. The molecule has 0 aliphatic heterocycles. The fourth-order valence-electron chi connectivity index (χ4n) is 1.47. The molecule has 0 saturated heterocycles. The van der Waals surface area contributed by atoms with Gasteiger partial charge in [0.2, 0.25) is 0 Å². The van der Waals surface area contributed by atoms with Crippen molar-refractivity contribution in [1.82, 2.24) is 0 Å². The first-order valence-corrected chi connectivity index (χ1v) is 6.22. The van der Waals surface area contributed by atoms with Crippen molar-refractivity contribution in [2.75, 3.05) is 12.4 Å². The molecule has 0 atom stereocenters. The summed E-state index contributed by atoms with van der Waals surface area (Å²) in [5.74, 6) is -1.79. The van der Waals surface area contributed by atoms with E-state index in [1.54, 1.807) is 17.5 Å². The number of methoxy groups -OCH3 is 1. The third-order valence-electron chi connectivity index (χ3n) is 2.37. The normalized spacial score (nSPS) is 10.0. The number of rotatable bonds is 3. The van der Waals surface area contributed by atoms with E-state index in [9.17, 15) is 14.0 Å². The van der Waals surface area contributed by atoms with Crippen LogP contribution in [0.4, 0.5) is 10.1 Å². The number of carbonyl (C=O) groups is 2. The molecule has 98 valence electrons. The largest absolute Gasteiger partial charge is 0.465 e. The molecule has 2 aromatic rings. The number of hydrogen-bond acceptors (Lipinski definition) is 4. The summed E-state index contributed by atoms with van der Waals surface area (Å²) < 4.78 is 17.9. The monoisotopic (exact) mass is 279 g/mol. The minimum Gasteiger partial charge on any atom is -0.465 e. The van der Waals surface area contributed by atoms with Gasteiger partial charge in [0.15, 0.2) is 0 Å². The van der Waals surface area contributed by atoms with Crippen LogP contribution < -0.4 is 5.32 Å². The Bertz CT molecular complexity index is 610. The van der Waals surface area contributed by atoms with Crippen molar-refractivity contribution < 1.29 is 18.7 Å². The maximum atomic E-state index is 13.4. The number of ether oxygens (including phenoxy) is 1. The third kappa shape index (κ3) is 2.97. The van der Waals surface area contributed by atoms with Crippen LogP contribution in [-0.2, 0) is 4.74 Å². The Morgan fingerprint density at radius 3 is 2.74 bits per heavy atom. The Morgan fingerprint density at radius 1 is 1.32 bits per heavy atom. The Balaban J connectivity index is 2.22. The molecule has 0 spiro atoms. The van der Waals surface area contributed by atoms with Crippen molar-refractivity contribution in [2.45, 2.75) is 0 Å². The highest BCUT2D eigenvalue weighted by atomic mass is 32.1. The summed E-state index contributed by atoms with van der Waals surface area (Å²) >= 11 is 1.29. The Morgan fingerprint density at radius 2 is 2.11 bits per heavy atom. The zero-order chi connectivity index (χ0) is 13.8. The molecule has 1 amide bonds. The van der Waals surface area contributed by atoms with E-state index in [0.29, 0.717) is 10.6 Å². The fourth-order valence-corrected chi connectivity index (χ4v) is 2.09. The zero-order valence-corrected chi connectivity index (χ0v) is 10.8. The van der Waals surface area contributed by atoms with Gasteiger partial charge in [-0.1, -0.05) is 6.07 Å². The van der Waals surface area contributed by atoms with E-state index in [4.69, 9.17) is 0 Å². The van der Waals surface area contributed by atoms with Crippen molar-refractivity contribution in [3.05, 3.63) is 52.0 Å². The van der Waals surface area contributed by atoms with E-state index in [1.807, 2.05) is 0 Å². The number of carbonyl (C=O) groups excluding carboxylic acids is 2. The summed E-state index contributed by atoms with van der Waals surface area (Å²) in [5.41, 5.74) is 0.117. The summed E-state index contributed by atoms with van der Waals surface area (Å²) in [7, 11) is 1.17. The minimum atomic E-state index is -0.787. The van der Waals surface area contributed by atoms with Crippen molar-refractivity contribution in [2.24, 2.45) is 0 Å². The second-order valence-corrected chi connectivity index (χ2v) is 4.57. The second kappa shape index (κ2) is 5.62. The molecule has 1 aromatic carbocycles. The van der Waals surface area contributed by atoms with Crippen LogP contribution in [0.3, 0.4) is 0 Å². The highest BCUT2D eigenvalue weighted by Crippen LogP contribution is 2.17. The van der Waals surface area contributed by atoms with Gasteiger partial charge >= 0.3 is 5.97 Å². The summed E-state index contributed by atoms with van der Waals surface area (Å²) in [6.07, 6.45) is 0. The van der Waals surface area contributed by atoms with Gasteiger partial charge in [0, 0.05) is 5.69 Å². The third-order valence-corrected chi connectivity index (χ3v) is 3.24. The smallest absolute Gasteiger partial charge is 0.340 e. The Labute approximate surface area is 112 Å². The number of thiophene rings is 1. The molecule has 0 aliphatic rings. The Kier molecular flexibility index (Phi) is 3.91. The average molecular weight is 279 g/mol. The lowest BCUT2D eigenvalue weighted by molar-refractivity contribution is 0.0595. The van der Waals surface area contributed by atoms with E-state index >= 15 is 0 Å². The first-order chi connectivity index (χ1) is 9.11. The van der Waals surface area contributed by atoms with E-state index in [1.165, 1.54) is 30.6 Å². The first-order valence-electron chi connectivity index (χ1n) is 5.34. The highest BCUT2D eigenvalue weighted by Gasteiger charge is 2.14. The zero-order valence-electron chi connectivity index (χ0n) is 9.98. The van der Waals surface area contributed by atoms with Crippen molar-refractivity contribution in [3.8, 4) is 0 Å². The number of nitrogens with one attached hydrogen (secondary N) is 1. The molecule has 0 radical (unpaired) electrons. The molecular formula is C13H10FNO3S. The van der Waals surface area contributed by atoms with Gasteiger partial charge in [-0.05, 0) is 29.6 Å². The molecule has 0 aliphatic carbocycles. The number of halogens is 1. The maximum absolute atomic E-state index is 13.4. The molecule has 19 heavy (non-hydrogen) atoms. The minimum absolute atomic E-state index is 0.216. The van der Waals surface area contributed by atoms with Crippen LogP contribution in [0.1, 0.15) is 20.0 Å². The van der Waals surface area contributed by atoms with Crippen molar-refractivity contribution in [1.29, 1.82) is 0 Å². The van der Waals surface area contributed by atoms with Crippen LogP contribution in [0.15, 0.2) is 35.7 Å². The van der Waals surface area contributed by atoms with Crippen LogP contribution in [-0.4, -0.2) is 19.0 Å². The van der Waals surface area contributed by atoms with E-state index in [0.717, 1.165) is 6.07 Å². The van der Waals surface area contributed by atoms with Gasteiger partial charge in [0.25, 0.3) is 5.91 Å². The molecule has 6 heteroatoms. The summed E-state index contributed by atoms with van der Waals surface area (Å²) in [5, 5.41) is 4.37. The quantitative estimate of drug-likeness (QED) is 0.879. The topological polar surface area (TPSA) is 55.4 Å². The van der Waals surface area contributed by atoms with Gasteiger partial charge in [-0.3, -0.25) is 4.79 Å². The lowest BCUT2D eigenvalue weighted by atomic mass is 10.2. The van der Waals surface area contributed by atoms with Crippen LogP contribution in [0.25, 0.3) is 0 Å². The first kappa shape index (κ1) is 13.2. The second-order valence-electron chi connectivity index (χ2n) is 3.62. The van der Waals surface area contributed by atoms with Gasteiger partial charge in [-0.2, -0.15) is 0 Å². The lowest BCUT2D eigenvalue weighted by Crippen LogP contribution is -2.12. The predicted octanol–water partition coefficient (Wildman–Crippen LogP) is 2.93. The number of amides is 1. The molecule has 2 rings (SSSR count). The maximum Gasteiger partial charge on any atom is 0.340 e. The number of hydrogen-bond donors (Lipinski definition) is 1. The molecular weight excluding hydrogens is 269 g/mol. The molecule has 0 fully saturated rings. The highest BCUT2D eigenvalue weighted by molar-refractivity contribution is 7.12. The number of benzene rings is 1. The van der Waals surface area contributed by atoms with Crippen LogP contribution >= 0.6 is 11.3 Å². The number of esters is 1. The predicted molar refractivity (Wildman–Crippen MR) is 70.0 cm³/mol. The van der Waals surface area contributed by atoms with Crippen LogP contribution in [0.5, 0.6) is 0 Å². The van der Waals surface area contributed by atoms with E-state index in [-0.39, 0.29) is 11.5 Å². The standard InChI is InChI=1S/C13H10FNO3S/c1-18-13(17)9-7-8(4-5-10(9)14)15-12(16)11-3-2-6-19-11/h2-7H,1H3,(H,15,16). The molecule has 1 heterocycles. The van der Waals surface area contributed by atoms with Gasteiger partial charge in [0.05, 0.1) is 17.6 Å². The van der Waals surface area contributed by atoms with Crippen molar-refractivity contribution >= 4 is 28.9 Å². The Hall–Kier alpha value is -2.21. The molecule has 1 aromatic heterocycles. The van der Waals surface area contributed by atoms with Gasteiger partial charge in [0.1, 0.15) is 5.82 Å². The van der Waals surface area contributed by atoms with Gasteiger partial charge in [-0.15, -0.1) is 11.3 Å². The number of anilines is 1. The van der Waals surface area contributed by atoms with Gasteiger partial charge < -0.3 is 10.1 Å². The molecule has 0 unspecified atom stereocenters. The van der Waals surface area contributed by atoms with E-state index in [2.05, 4.69) is 10.1 Å². The molecule has 4 nitrogen and oxygen atoms in total. The summed E-state index contributed by atoms with van der Waals surface area (Å²) in [6.45, 7) is 0. The lowest BCUT2D eigenvalue weighted by Gasteiger charge is -2.06. The molecule has 1 N–H and O–H groups in total. The van der Waals surface area contributed by atoms with Crippen LogP contribution in [0.2, 0.25) is 0 Å². The fraction of sp³-hybridized carbons (Fsp3) is 0.0769. The summed E-state index contributed by atoms with van der Waals surface area (Å²) in [6, 6.07) is 7.16. The van der Waals surface area contributed by atoms with Crippen molar-refractivity contribution in [3.63, 3.8) is 0 Å². The summed E-state index contributed by atoms with van der Waals surface area (Å²) in [4.78, 5) is 23.7. The average Bonchev–Trinajstić information content (AvgIpc) is 2.94. The van der Waals surface area contributed by atoms with Gasteiger partial charge in [-0.25, -0.2) is 9.18 Å². The molecule has 0 bridgehead atoms. The van der Waals surface area contributed by atoms with E-state index < -0.39 is 11.8 Å². The van der Waals surface area contributed by atoms with Crippen LogP contribution in [0, 0.1) is 5.82 Å².